The zero-order valence-electron chi connectivity index (χ0n) is 17.2. The van der Waals surface area contributed by atoms with Gasteiger partial charge in [-0.3, -0.25) is 0 Å². The Bertz CT molecular complexity index is 1530. The highest BCUT2D eigenvalue weighted by atomic mass is 16.3. The van der Waals surface area contributed by atoms with Gasteiger partial charge >= 0.3 is 0 Å². The fraction of sp³-hybridized carbons (Fsp3) is 0.0345. The summed E-state index contributed by atoms with van der Waals surface area (Å²) in [7, 11) is 0. The average molecular weight is 399 g/mol. The van der Waals surface area contributed by atoms with Gasteiger partial charge in [0.25, 0.3) is 0 Å². The van der Waals surface area contributed by atoms with Gasteiger partial charge in [0, 0.05) is 32.9 Å². The molecule has 1 aromatic heterocycles. The van der Waals surface area contributed by atoms with E-state index in [0.717, 1.165) is 44.4 Å². The number of hydrogen-bond acceptors (Lipinski definition) is 2. The van der Waals surface area contributed by atoms with Crippen LogP contribution in [0.15, 0.2) is 114 Å². The van der Waals surface area contributed by atoms with E-state index >= 15 is 0 Å². The van der Waals surface area contributed by atoms with Crippen molar-refractivity contribution in [1.82, 2.24) is 0 Å². The molecule has 0 radical (unpaired) electrons. The zero-order valence-corrected chi connectivity index (χ0v) is 17.2. The fourth-order valence-corrected chi connectivity index (χ4v) is 4.41. The summed E-state index contributed by atoms with van der Waals surface area (Å²) >= 11 is 0. The molecule has 0 N–H and O–H groups in total. The van der Waals surface area contributed by atoms with Crippen LogP contribution < -0.4 is 4.90 Å². The van der Waals surface area contributed by atoms with Gasteiger partial charge in [0.15, 0.2) is 0 Å². The Morgan fingerprint density at radius 1 is 0.548 bits per heavy atom. The first-order valence-corrected chi connectivity index (χ1v) is 10.5. The fourth-order valence-electron chi connectivity index (χ4n) is 4.41. The van der Waals surface area contributed by atoms with Crippen LogP contribution in [0.4, 0.5) is 17.1 Å². The van der Waals surface area contributed by atoms with Crippen LogP contribution in [0.2, 0.25) is 0 Å². The number of furan rings is 1. The summed E-state index contributed by atoms with van der Waals surface area (Å²) in [6.07, 6.45) is 0. The van der Waals surface area contributed by atoms with Gasteiger partial charge in [-0.15, -0.1) is 0 Å². The smallest absolute Gasteiger partial charge is 0.143 e. The van der Waals surface area contributed by atoms with Crippen molar-refractivity contribution in [3.05, 3.63) is 115 Å². The molecular weight excluding hydrogens is 378 g/mol. The molecule has 148 valence electrons. The standard InChI is InChI=1S/C29H21NO/c1-20-15-17-22(18-16-20)30(21-9-3-2-4-10-21)27-19-26-24-12-7-8-14-28(24)31-29(26)25-13-6-5-11-23(25)27/h2-19H,1H3. The maximum Gasteiger partial charge on any atom is 0.143 e. The van der Waals surface area contributed by atoms with E-state index in [2.05, 4.69) is 109 Å². The minimum absolute atomic E-state index is 0.918. The number of nitrogens with zero attached hydrogens (tertiary/aromatic N) is 1. The number of rotatable bonds is 3. The number of hydrogen-bond donors (Lipinski definition) is 0. The van der Waals surface area contributed by atoms with Crippen LogP contribution in [-0.2, 0) is 0 Å². The van der Waals surface area contributed by atoms with Gasteiger partial charge in [0.2, 0.25) is 0 Å². The van der Waals surface area contributed by atoms with E-state index < -0.39 is 0 Å². The van der Waals surface area contributed by atoms with E-state index in [1.165, 1.54) is 10.9 Å². The lowest BCUT2D eigenvalue weighted by Gasteiger charge is -2.27. The molecule has 2 nitrogen and oxygen atoms in total. The number of aryl methyl sites for hydroxylation is 1. The van der Waals surface area contributed by atoms with E-state index in [0.29, 0.717) is 0 Å². The Hall–Kier alpha value is -4.04. The van der Waals surface area contributed by atoms with E-state index in [4.69, 9.17) is 4.42 Å². The highest BCUT2D eigenvalue weighted by Gasteiger charge is 2.19. The maximum atomic E-state index is 6.31. The molecule has 2 heteroatoms. The van der Waals surface area contributed by atoms with Crippen LogP contribution in [-0.4, -0.2) is 0 Å². The van der Waals surface area contributed by atoms with Crippen molar-refractivity contribution in [2.75, 3.05) is 4.90 Å². The Labute approximate surface area is 181 Å². The van der Waals surface area contributed by atoms with Crippen molar-refractivity contribution in [1.29, 1.82) is 0 Å². The molecule has 6 aromatic rings. The second-order valence-corrected chi connectivity index (χ2v) is 7.92. The summed E-state index contributed by atoms with van der Waals surface area (Å²) in [5, 5.41) is 4.57. The molecule has 0 saturated heterocycles. The second kappa shape index (κ2) is 7.03. The molecule has 5 aromatic carbocycles. The van der Waals surface area contributed by atoms with Crippen molar-refractivity contribution in [2.45, 2.75) is 6.92 Å². The van der Waals surface area contributed by atoms with Crippen molar-refractivity contribution < 1.29 is 4.42 Å². The quantitative estimate of drug-likeness (QED) is 0.296. The van der Waals surface area contributed by atoms with Gasteiger partial charge in [-0.05, 0) is 43.3 Å². The van der Waals surface area contributed by atoms with Gasteiger partial charge in [0.1, 0.15) is 11.2 Å². The number of benzene rings is 5. The zero-order chi connectivity index (χ0) is 20.8. The first-order valence-electron chi connectivity index (χ1n) is 10.5. The Morgan fingerprint density at radius 3 is 1.94 bits per heavy atom. The molecule has 31 heavy (non-hydrogen) atoms. The monoisotopic (exact) mass is 399 g/mol. The summed E-state index contributed by atoms with van der Waals surface area (Å²) in [6.45, 7) is 2.12. The number of anilines is 3. The molecule has 0 aliphatic carbocycles. The van der Waals surface area contributed by atoms with Crippen molar-refractivity contribution in [3.63, 3.8) is 0 Å². The first kappa shape index (κ1) is 17.8. The van der Waals surface area contributed by atoms with Crippen molar-refractivity contribution in [3.8, 4) is 0 Å². The number of para-hydroxylation sites is 2. The normalized spacial score (nSPS) is 11.4. The molecule has 0 aliphatic heterocycles. The minimum Gasteiger partial charge on any atom is -0.455 e. The first-order chi connectivity index (χ1) is 15.3. The van der Waals surface area contributed by atoms with Crippen LogP contribution in [0, 0.1) is 6.92 Å². The molecule has 6 rings (SSSR count). The highest BCUT2D eigenvalue weighted by molar-refractivity contribution is 6.19. The predicted molar refractivity (Wildman–Crippen MR) is 131 cm³/mol. The SMILES string of the molecule is Cc1ccc(N(c2ccccc2)c2cc3c4ccccc4oc3c3ccccc23)cc1. The van der Waals surface area contributed by atoms with Gasteiger partial charge in [-0.25, -0.2) is 0 Å². The lowest BCUT2D eigenvalue weighted by Crippen LogP contribution is -2.10. The third-order valence-corrected chi connectivity index (χ3v) is 5.91. The molecule has 0 aliphatic rings. The van der Waals surface area contributed by atoms with Crippen LogP contribution in [0.3, 0.4) is 0 Å². The molecule has 0 spiro atoms. The van der Waals surface area contributed by atoms with Gasteiger partial charge in [-0.1, -0.05) is 78.4 Å². The van der Waals surface area contributed by atoms with Crippen LogP contribution in [0.1, 0.15) is 5.56 Å². The molecule has 0 saturated carbocycles. The van der Waals surface area contributed by atoms with Crippen LogP contribution >= 0.6 is 0 Å². The molecular formula is C29H21NO. The van der Waals surface area contributed by atoms with E-state index in [1.807, 2.05) is 12.1 Å². The average Bonchev–Trinajstić information content (AvgIpc) is 3.20. The van der Waals surface area contributed by atoms with Crippen molar-refractivity contribution >= 4 is 49.8 Å². The number of fused-ring (bicyclic) bond motifs is 5. The summed E-state index contributed by atoms with van der Waals surface area (Å²) in [4.78, 5) is 2.34. The third-order valence-electron chi connectivity index (χ3n) is 5.91. The topological polar surface area (TPSA) is 16.4 Å². The summed E-state index contributed by atoms with van der Waals surface area (Å²) in [5.41, 5.74) is 6.51. The van der Waals surface area contributed by atoms with E-state index in [-0.39, 0.29) is 0 Å². The molecule has 0 bridgehead atoms. The Morgan fingerprint density at radius 2 is 1.16 bits per heavy atom. The van der Waals surface area contributed by atoms with Crippen LogP contribution in [0.25, 0.3) is 32.7 Å². The minimum atomic E-state index is 0.918. The maximum absolute atomic E-state index is 6.31. The third kappa shape index (κ3) is 2.88. The Kier molecular flexibility index (Phi) is 4.03. The highest BCUT2D eigenvalue weighted by Crippen LogP contribution is 2.44. The van der Waals surface area contributed by atoms with Crippen molar-refractivity contribution in [2.24, 2.45) is 0 Å². The molecule has 0 amide bonds. The molecule has 0 fully saturated rings. The molecule has 0 unspecified atom stereocenters. The molecule has 1 heterocycles. The summed E-state index contributed by atoms with van der Waals surface area (Å²) < 4.78 is 6.31. The lowest BCUT2D eigenvalue weighted by molar-refractivity contribution is 0.672. The predicted octanol–water partition coefficient (Wildman–Crippen LogP) is 8.52. The van der Waals surface area contributed by atoms with Crippen LogP contribution in [0.5, 0.6) is 0 Å². The van der Waals surface area contributed by atoms with Gasteiger partial charge in [-0.2, -0.15) is 0 Å². The molecule has 0 atom stereocenters. The van der Waals surface area contributed by atoms with Gasteiger partial charge in [0.05, 0.1) is 5.69 Å². The largest absolute Gasteiger partial charge is 0.455 e. The van der Waals surface area contributed by atoms with E-state index in [1.54, 1.807) is 0 Å². The Balaban J connectivity index is 1.74. The summed E-state index contributed by atoms with van der Waals surface area (Å²) in [6, 6.07) is 38.3. The van der Waals surface area contributed by atoms with Gasteiger partial charge < -0.3 is 9.32 Å². The summed E-state index contributed by atoms with van der Waals surface area (Å²) in [5.74, 6) is 0. The lowest BCUT2D eigenvalue weighted by atomic mass is 10.0. The second-order valence-electron chi connectivity index (χ2n) is 7.92. The van der Waals surface area contributed by atoms with E-state index in [9.17, 15) is 0 Å².